The van der Waals surface area contributed by atoms with E-state index < -0.39 is 11.6 Å². The predicted molar refractivity (Wildman–Crippen MR) is 60.4 cm³/mol. The molecule has 0 radical (unpaired) electrons. The van der Waals surface area contributed by atoms with Gasteiger partial charge in [0.25, 0.3) is 0 Å². The molecule has 0 amide bonds. The first-order valence-electron chi connectivity index (χ1n) is 4.78. The summed E-state index contributed by atoms with van der Waals surface area (Å²) in [6.45, 7) is 0.0739. The Labute approximate surface area is 92.9 Å². The van der Waals surface area contributed by atoms with Crippen LogP contribution in [0.25, 0.3) is 10.9 Å². The number of halogens is 2. The van der Waals surface area contributed by atoms with Gasteiger partial charge in [0, 0.05) is 24.3 Å². The number of hydrogen-bond acceptors (Lipinski definition) is 1. The van der Waals surface area contributed by atoms with Crippen molar-refractivity contribution in [1.82, 2.24) is 4.98 Å². The summed E-state index contributed by atoms with van der Waals surface area (Å²) in [5.74, 6) is -1.16. The van der Waals surface area contributed by atoms with E-state index in [1.54, 1.807) is 6.20 Å². The van der Waals surface area contributed by atoms with Gasteiger partial charge in [-0.05, 0) is 24.5 Å². The van der Waals surface area contributed by atoms with Gasteiger partial charge in [0.2, 0.25) is 0 Å². The fraction of sp³-hybridized carbons (Fsp3) is 0.333. The molecule has 1 aromatic carbocycles. The molecule has 0 saturated carbocycles. The summed E-state index contributed by atoms with van der Waals surface area (Å²) in [5.41, 5.74) is 1.15. The number of aliphatic hydroxyl groups is 1. The molecule has 0 spiro atoms. The summed E-state index contributed by atoms with van der Waals surface area (Å²) < 4.78 is 26.2. The number of aryl methyl sites for hydroxylation is 1. The smallest absolute Gasteiger partial charge is 0.150 e. The highest BCUT2D eigenvalue weighted by molar-refractivity contribution is 5.83. The topological polar surface area (TPSA) is 36.0 Å². The van der Waals surface area contributed by atoms with Gasteiger partial charge < -0.3 is 10.1 Å². The van der Waals surface area contributed by atoms with E-state index in [4.69, 9.17) is 5.11 Å². The van der Waals surface area contributed by atoms with Gasteiger partial charge in [-0.1, -0.05) is 7.43 Å². The minimum Gasteiger partial charge on any atom is -0.396 e. The third-order valence-electron chi connectivity index (χ3n) is 2.40. The quantitative estimate of drug-likeness (QED) is 0.830. The molecular formula is C12H15F2NO. The van der Waals surface area contributed by atoms with Crippen molar-refractivity contribution in [3.63, 3.8) is 0 Å². The van der Waals surface area contributed by atoms with Crippen LogP contribution in [0.1, 0.15) is 19.4 Å². The van der Waals surface area contributed by atoms with Crippen LogP contribution in [-0.2, 0) is 6.42 Å². The lowest BCUT2D eigenvalue weighted by atomic mass is 10.1. The van der Waals surface area contributed by atoms with Crippen molar-refractivity contribution in [2.24, 2.45) is 0 Å². The first kappa shape index (κ1) is 12.6. The second-order valence-corrected chi connectivity index (χ2v) is 3.45. The molecule has 0 fully saturated rings. The summed E-state index contributed by atoms with van der Waals surface area (Å²) in [6.07, 6.45) is 2.85. The number of hydrogen-bond donors (Lipinski definition) is 2. The highest BCUT2D eigenvalue weighted by Crippen LogP contribution is 2.23. The van der Waals surface area contributed by atoms with Crippen molar-refractivity contribution in [3.05, 3.63) is 35.5 Å². The Balaban J connectivity index is 0.00000128. The van der Waals surface area contributed by atoms with Gasteiger partial charge in [-0.3, -0.25) is 0 Å². The zero-order valence-corrected chi connectivity index (χ0v) is 8.06. The fourth-order valence-electron chi connectivity index (χ4n) is 1.69. The molecule has 16 heavy (non-hydrogen) atoms. The number of H-pyrrole nitrogens is 1. The summed E-state index contributed by atoms with van der Waals surface area (Å²) in [4.78, 5) is 2.77. The maximum atomic E-state index is 13.3. The van der Waals surface area contributed by atoms with Gasteiger partial charge in [-0.2, -0.15) is 0 Å². The standard InChI is InChI=1S/C11H11F2NO.CH4/c12-8-4-9-7(2-1-3-15)6-14-11(9)10(13)5-8;/h4-6,14-15H,1-3H2;1H4. The zero-order valence-electron chi connectivity index (χ0n) is 8.06. The van der Waals surface area contributed by atoms with Gasteiger partial charge in [0.05, 0.1) is 5.52 Å². The highest BCUT2D eigenvalue weighted by Gasteiger charge is 2.09. The molecule has 2 rings (SSSR count). The Morgan fingerprint density at radius 1 is 1.25 bits per heavy atom. The van der Waals surface area contributed by atoms with Gasteiger partial charge in [0.1, 0.15) is 11.6 Å². The van der Waals surface area contributed by atoms with Crippen molar-refractivity contribution in [2.75, 3.05) is 6.61 Å². The molecule has 2 aromatic rings. The molecular weight excluding hydrogens is 212 g/mol. The minimum absolute atomic E-state index is 0. The van der Waals surface area contributed by atoms with Crippen molar-refractivity contribution in [3.8, 4) is 0 Å². The molecule has 1 aromatic heterocycles. The Morgan fingerprint density at radius 3 is 2.69 bits per heavy atom. The van der Waals surface area contributed by atoms with E-state index in [2.05, 4.69) is 4.98 Å². The first-order chi connectivity index (χ1) is 7.22. The van der Waals surface area contributed by atoms with Gasteiger partial charge in [0.15, 0.2) is 0 Å². The van der Waals surface area contributed by atoms with Crippen LogP contribution < -0.4 is 0 Å². The maximum absolute atomic E-state index is 13.3. The summed E-state index contributed by atoms with van der Waals surface area (Å²) in [5, 5.41) is 9.24. The van der Waals surface area contributed by atoms with Crippen molar-refractivity contribution in [2.45, 2.75) is 20.3 Å². The van der Waals surface area contributed by atoms with E-state index in [-0.39, 0.29) is 14.0 Å². The average Bonchev–Trinajstić information content (AvgIpc) is 2.58. The van der Waals surface area contributed by atoms with E-state index in [0.717, 1.165) is 11.6 Å². The monoisotopic (exact) mass is 227 g/mol. The van der Waals surface area contributed by atoms with Crippen LogP contribution >= 0.6 is 0 Å². The lowest BCUT2D eigenvalue weighted by Gasteiger charge is -1.98. The van der Waals surface area contributed by atoms with E-state index in [9.17, 15) is 8.78 Å². The molecule has 0 saturated heterocycles. The van der Waals surface area contributed by atoms with Crippen LogP contribution in [0, 0.1) is 11.6 Å². The Kier molecular flexibility index (Phi) is 4.01. The van der Waals surface area contributed by atoms with Crippen molar-refractivity contribution in [1.29, 1.82) is 0 Å². The first-order valence-corrected chi connectivity index (χ1v) is 4.78. The maximum Gasteiger partial charge on any atom is 0.150 e. The number of aromatic nitrogens is 1. The number of fused-ring (bicyclic) bond motifs is 1. The van der Waals surface area contributed by atoms with E-state index in [0.29, 0.717) is 23.7 Å². The van der Waals surface area contributed by atoms with E-state index in [1.807, 2.05) is 0 Å². The van der Waals surface area contributed by atoms with Crippen molar-refractivity contribution >= 4 is 10.9 Å². The van der Waals surface area contributed by atoms with Crippen LogP contribution in [0.15, 0.2) is 18.3 Å². The van der Waals surface area contributed by atoms with Crippen LogP contribution in [0.2, 0.25) is 0 Å². The normalized spacial score (nSPS) is 10.4. The summed E-state index contributed by atoms with van der Waals surface area (Å²) in [7, 11) is 0. The van der Waals surface area contributed by atoms with Crippen LogP contribution in [-0.4, -0.2) is 16.7 Å². The molecule has 0 aliphatic rings. The number of aliphatic hydroxyl groups excluding tert-OH is 1. The van der Waals surface area contributed by atoms with Gasteiger partial charge in [-0.15, -0.1) is 0 Å². The molecule has 1 heterocycles. The fourth-order valence-corrected chi connectivity index (χ4v) is 1.69. The Morgan fingerprint density at radius 2 is 2.00 bits per heavy atom. The van der Waals surface area contributed by atoms with Crippen LogP contribution in [0.4, 0.5) is 8.78 Å². The molecule has 4 heteroatoms. The van der Waals surface area contributed by atoms with Crippen LogP contribution in [0.5, 0.6) is 0 Å². The van der Waals surface area contributed by atoms with Crippen LogP contribution in [0.3, 0.4) is 0 Å². The van der Waals surface area contributed by atoms with Crippen molar-refractivity contribution < 1.29 is 13.9 Å². The lowest BCUT2D eigenvalue weighted by Crippen LogP contribution is -1.88. The lowest BCUT2D eigenvalue weighted by molar-refractivity contribution is 0.289. The number of aromatic amines is 1. The number of benzene rings is 1. The summed E-state index contributed by atoms with van der Waals surface area (Å²) >= 11 is 0. The second-order valence-electron chi connectivity index (χ2n) is 3.45. The molecule has 0 atom stereocenters. The van der Waals surface area contributed by atoms with Gasteiger partial charge >= 0.3 is 0 Å². The molecule has 2 N–H and O–H groups in total. The molecule has 88 valence electrons. The van der Waals surface area contributed by atoms with E-state index >= 15 is 0 Å². The van der Waals surface area contributed by atoms with E-state index in [1.165, 1.54) is 6.07 Å². The SMILES string of the molecule is C.OCCCc1c[nH]c2c(F)cc(F)cc12. The molecule has 2 nitrogen and oxygen atoms in total. The molecule has 0 aliphatic heterocycles. The Bertz CT molecular complexity index is 479. The third kappa shape index (κ3) is 2.22. The predicted octanol–water partition coefficient (Wildman–Crippen LogP) is 3.01. The third-order valence-corrected chi connectivity index (χ3v) is 2.40. The average molecular weight is 227 g/mol. The molecule has 0 bridgehead atoms. The number of rotatable bonds is 3. The van der Waals surface area contributed by atoms with Gasteiger partial charge in [-0.25, -0.2) is 8.78 Å². The number of nitrogens with one attached hydrogen (secondary N) is 1. The second kappa shape index (κ2) is 5.07. The minimum atomic E-state index is -0.583. The zero-order chi connectivity index (χ0) is 10.8. The molecule has 0 unspecified atom stereocenters. The largest absolute Gasteiger partial charge is 0.396 e. The Hall–Kier alpha value is -1.42. The highest BCUT2D eigenvalue weighted by atomic mass is 19.1. The summed E-state index contributed by atoms with van der Waals surface area (Å²) in [6, 6.07) is 2.16. The molecule has 0 aliphatic carbocycles.